The first-order valence-corrected chi connectivity index (χ1v) is 8.23. The molecule has 0 saturated heterocycles. The minimum atomic E-state index is 0.588. The number of nitrogens with one attached hydrogen (secondary N) is 1. The molecule has 0 aliphatic heterocycles. The zero-order valence-corrected chi connectivity index (χ0v) is 14.2. The van der Waals surface area contributed by atoms with Gasteiger partial charge in [-0.05, 0) is 12.0 Å². The van der Waals surface area contributed by atoms with E-state index >= 15 is 0 Å². The molecule has 0 unspecified atom stereocenters. The van der Waals surface area contributed by atoms with Crippen molar-refractivity contribution >= 4 is 27.1 Å². The van der Waals surface area contributed by atoms with Crippen LogP contribution in [0.15, 0.2) is 30.5 Å². The average molecular weight is 315 g/mol. The second-order valence-electron chi connectivity index (χ2n) is 5.93. The lowest BCUT2D eigenvalue weighted by Gasteiger charge is -2.16. The van der Waals surface area contributed by atoms with Crippen molar-refractivity contribution in [3.05, 3.63) is 30.5 Å². The fourth-order valence-corrected chi connectivity index (χ4v) is 3.10. The first-order valence-electron chi connectivity index (χ1n) is 7.41. The van der Waals surface area contributed by atoms with Crippen molar-refractivity contribution in [3.63, 3.8) is 0 Å². The van der Waals surface area contributed by atoms with Crippen molar-refractivity contribution in [1.82, 2.24) is 14.6 Å². The minimum absolute atomic E-state index is 0.588. The molecular weight excluding hydrogens is 294 g/mol. The van der Waals surface area contributed by atoms with Crippen LogP contribution >= 0.6 is 11.3 Å². The topological polar surface area (TPSA) is 45.5 Å². The molecule has 0 aliphatic rings. The SMILES string of the molecule is CC(C)CNc1nn2c(-c3ccccc3N(C)C)cnc2s1. The molecule has 0 radical (unpaired) electrons. The lowest BCUT2D eigenvalue weighted by molar-refractivity contribution is 0.687. The number of imidazole rings is 1. The number of nitrogens with zero attached hydrogens (tertiary/aromatic N) is 4. The van der Waals surface area contributed by atoms with E-state index in [-0.39, 0.29) is 0 Å². The van der Waals surface area contributed by atoms with Gasteiger partial charge < -0.3 is 10.2 Å². The third-order valence-electron chi connectivity index (χ3n) is 3.41. The van der Waals surface area contributed by atoms with E-state index in [0.717, 1.165) is 33.6 Å². The Balaban J connectivity index is 2.01. The van der Waals surface area contributed by atoms with Gasteiger partial charge in [-0.15, -0.1) is 5.10 Å². The Morgan fingerprint density at radius 3 is 2.77 bits per heavy atom. The normalized spacial score (nSPS) is 11.3. The number of anilines is 2. The molecule has 22 heavy (non-hydrogen) atoms. The van der Waals surface area contributed by atoms with Crippen LogP contribution < -0.4 is 10.2 Å². The van der Waals surface area contributed by atoms with Gasteiger partial charge in [-0.25, -0.2) is 9.50 Å². The Hall–Kier alpha value is -2.08. The predicted molar refractivity (Wildman–Crippen MR) is 94.0 cm³/mol. The summed E-state index contributed by atoms with van der Waals surface area (Å²) in [7, 11) is 4.10. The monoisotopic (exact) mass is 315 g/mol. The summed E-state index contributed by atoms with van der Waals surface area (Å²) in [6, 6.07) is 8.32. The van der Waals surface area contributed by atoms with Gasteiger partial charge in [0, 0.05) is 31.9 Å². The van der Waals surface area contributed by atoms with E-state index in [1.165, 1.54) is 0 Å². The highest BCUT2D eigenvalue weighted by atomic mass is 32.1. The van der Waals surface area contributed by atoms with E-state index in [1.54, 1.807) is 11.3 Å². The van der Waals surface area contributed by atoms with Gasteiger partial charge in [-0.1, -0.05) is 43.4 Å². The first-order chi connectivity index (χ1) is 10.6. The van der Waals surface area contributed by atoms with Crippen LogP contribution in [0, 0.1) is 5.92 Å². The summed E-state index contributed by atoms with van der Waals surface area (Å²) >= 11 is 1.59. The number of rotatable bonds is 5. The van der Waals surface area contributed by atoms with Gasteiger partial charge in [0.15, 0.2) is 0 Å². The molecule has 0 atom stereocenters. The Morgan fingerprint density at radius 1 is 1.27 bits per heavy atom. The molecule has 116 valence electrons. The van der Waals surface area contributed by atoms with E-state index < -0.39 is 0 Å². The zero-order valence-electron chi connectivity index (χ0n) is 13.4. The summed E-state index contributed by atoms with van der Waals surface area (Å²) in [5, 5.41) is 8.95. The fraction of sp³-hybridized carbons (Fsp3) is 0.375. The molecule has 5 nitrogen and oxygen atoms in total. The lowest BCUT2D eigenvalue weighted by atomic mass is 10.1. The van der Waals surface area contributed by atoms with E-state index in [0.29, 0.717) is 5.92 Å². The number of hydrogen-bond acceptors (Lipinski definition) is 5. The van der Waals surface area contributed by atoms with Gasteiger partial charge in [0.1, 0.15) is 0 Å². The van der Waals surface area contributed by atoms with E-state index in [4.69, 9.17) is 0 Å². The van der Waals surface area contributed by atoms with Gasteiger partial charge >= 0.3 is 0 Å². The van der Waals surface area contributed by atoms with Gasteiger partial charge in [-0.2, -0.15) is 0 Å². The number of fused-ring (bicyclic) bond motifs is 1. The average Bonchev–Trinajstić information content (AvgIpc) is 3.04. The lowest BCUT2D eigenvalue weighted by Crippen LogP contribution is -2.10. The molecule has 1 aromatic carbocycles. The second-order valence-corrected chi connectivity index (χ2v) is 6.89. The Kier molecular flexibility index (Phi) is 4.02. The van der Waals surface area contributed by atoms with Crippen LogP contribution in [0.3, 0.4) is 0 Å². The van der Waals surface area contributed by atoms with Crippen LogP contribution in [0.25, 0.3) is 16.2 Å². The zero-order chi connectivity index (χ0) is 15.7. The molecular formula is C16H21N5S. The third-order valence-corrected chi connectivity index (χ3v) is 4.29. The van der Waals surface area contributed by atoms with E-state index in [2.05, 4.69) is 46.3 Å². The molecule has 6 heteroatoms. The van der Waals surface area contributed by atoms with Crippen molar-refractivity contribution in [3.8, 4) is 11.3 Å². The molecule has 0 fully saturated rings. The Bertz CT molecular complexity index is 772. The van der Waals surface area contributed by atoms with Crippen LogP contribution in [0.5, 0.6) is 0 Å². The number of para-hydroxylation sites is 1. The summed E-state index contributed by atoms with van der Waals surface area (Å²) < 4.78 is 1.93. The van der Waals surface area contributed by atoms with Crippen LogP contribution in [0.2, 0.25) is 0 Å². The molecule has 3 rings (SSSR count). The number of hydrogen-bond donors (Lipinski definition) is 1. The quantitative estimate of drug-likeness (QED) is 0.781. The highest BCUT2D eigenvalue weighted by Gasteiger charge is 2.15. The molecule has 1 N–H and O–H groups in total. The highest BCUT2D eigenvalue weighted by molar-refractivity contribution is 7.20. The van der Waals surface area contributed by atoms with Crippen LogP contribution in [0.1, 0.15) is 13.8 Å². The van der Waals surface area contributed by atoms with E-state index in [1.807, 2.05) is 36.9 Å². The summed E-state index contributed by atoms with van der Waals surface area (Å²) in [6.45, 7) is 5.29. The maximum atomic E-state index is 4.66. The number of aromatic nitrogens is 3. The smallest absolute Gasteiger partial charge is 0.214 e. The standard InChI is InChI=1S/C16H21N5S/c1-11(2)9-17-15-19-21-14(10-18-16(21)22-15)12-7-5-6-8-13(12)20(3)4/h5-8,10-11H,9H2,1-4H3,(H,17,19). The second kappa shape index (κ2) is 5.96. The minimum Gasteiger partial charge on any atom is -0.377 e. The van der Waals surface area contributed by atoms with E-state index in [9.17, 15) is 0 Å². The maximum Gasteiger partial charge on any atom is 0.214 e. The third kappa shape index (κ3) is 2.78. The Morgan fingerprint density at radius 2 is 2.05 bits per heavy atom. The molecule has 0 saturated carbocycles. The molecule has 0 aliphatic carbocycles. The predicted octanol–water partition coefficient (Wildman–Crippen LogP) is 3.59. The van der Waals surface area contributed by atoms with Gasteiger partial charge in [0.05, 0.1) is 11.9 Å². The maximum absolute atomic E-state index is 4.66. The summed E-state index contributed by atoms with van der Waals surface area (Å²) in [6.07, 6.45) is 1.90. The molecule has 0 amide bonds. The van der Waals surface area contributed by atoms with Crippen molar-refractivity contribution in [2.45, 2.75) is 13.8 Å². The van der Waals surface area contributed by atoms with Crippen molar-refractivity contribution in [2.24, 2.45) is 5.92 Å². The van der Waals surface area contributed by atoms with Crippen LogP contribution in [-0.4, -0.2) is 35.2 Å². The van der Waals surface area contributed by atoms with Gasteiger partial charge in [0.2, 0.25) is 10.1 Å². The highest BCUT2D eigenvalue weighted by Crippen LogP contribution is 2.32. The molecule has 2 aromatic heterocycles. The van der Waals surface area contributed by atoms with Crippen molar-refractivity contribution in [1.29, 1.82) is 0 Å². The van der Waals surface area contributed by atoms with Crippen molar-refractivity contribution in [2.75, 3.05) is 30.9 Å². The summed E-state index contributed by atoms with van der Waals surface area (Å²) in [4.78, 5) is 7.53. The van der Waals surface area contributed by atoms with Crippen LogP contribution in [0.4, 0.5) is 10.8 Å². The molecule has 3 aromatic rings. The van der Waals surface area contributed by atoms with Crippen molar-refractivity contribution < 1.29 is 0 Å². The molecule has 0 spiro atoms. The fourth-order valence-electron chi connectivity index (χ4n) is 2.32. The van der Waals surface area contributed by atoms with Crippen LogP contribution in [-0.2, 0) is 0 Å². The summed E-state index contributed by atoms with van der Waals surface area (Å²) in [5.41, 5.74) is 3.32. The Labute approximate surface area is 134 Å². The first kappa shape index (κ1) is 14.8. The van der Waals surface area contributed by atoms with Gasteiger partial charge in [0.25, 0.3) is 0 Å². The molecule has 2 heterocycles. The largest absolute Gasteiger partial charge is 0.377 e. The number of benzene rings is 1. The molecule has 0 bridgehead atoms. The van der Waals surface area contributed by atoms with Gasteiger partial charge in [-0.3, -0.25) is 0 Å². The summed E-state index contributed by atoms with van der Waals surface area (Å²) in [5.74, 6) is 0.588.